The Labute approximate surface area is 42.0 Å². The van der Waals surface area contributed by atoms with E-state index in [-0.39, 0.29) is 0 Å². The van der Waals surface area contributed by atoms with E-state index in [1.807, 2.05) is 0 Å². The molecule has 0 aliphatic carbocycles. The molecule has 0 fully saturated rings. The van der Waals surface area contributed by atoms with Gasteiger partial charge in [-0.3, -0.25) is 4.84 Å². The second-order valence-electron chi connectivity index (χ2n) is 0.993. The van der Waals surface area contributed by atoms with Gasteiger partial charge in [0.1, 0.15) is 0 Å². The molecule has 1 rings (SSSR count). The number of hydrogen-bond acceptors (Lipinski definition) is 3. The first-order valence-electron chi connectivity index (χ1n) is 1.86. The molecule has 3 nitrogen and oxygen atoms in total. The Bertz CT molecular complexity index is 81.8. The van der Waals surface area contributed by atoms with Crippen LogP contribution in [0.5, 0.6) is 0 Å². The molecule has 2 radical (unpaired) electrons. The number of hydroxylamine groups is 2. The van der Waals surface area contributed by atoms with Gasteiger partial charge in [0, 0.05) is 0 Å². The van der Waals surface area contributed by atoms with E-state index < -0.39 is 0 Å². The average Bonchev–Trinajstić information content (AvgIpc) is 2.14. The molecule has 0 aromatic heterocycles. The first kappa shape index (κ1) is 4.61. The van der Waals surface area contributed by atoms with Crippen LogP contribution in [0.4, 0.5) is 0 Å². The van der Waals surface area contributed by atoms with Gasteiger partial charge in [-0.05, 0) is 6.08 Å². The molecule has 1 aliphatic heterocycles. The molecule has 7 heavy (non-hydrogen) atoms. The van der Waals surface area contributed by atoms with E-state index in [2.05, 4.69) is 16.3 Å². The van der Waals surface area contributed by atoms with Crippen molar-refractivity contribution >= 4 is 0 Å². The van der Waals surface area contributed by atoms with E-state index in [9.17, 15) is 0 Å². The van der Waals surface area contributed by atoms with E-state index in [4.69, 9.17) is 0 Å². The number of rotatable bonds is 1. The second kappa shape index (κ2) is 1.95. The van der Waals surface area contributed by atoms with E-state index >= 15 is 0 Å². The smallest absolute Gasteiger partial charge is 0.196 e. The first-order valence-corrected chi connectivity index (χ1v) is 1.86. The molecule has 1 heterocycles. The minimum Gasteiger partial charge on any atom is -0.252 e. The largest absolute Gasteiger partial charge is 0.252 e. The molecule has 0 saturated heterocycles. The molecule has 3 heteroatoms. The maximum Gasteiger partial charge on any atom is 0.196 e. The molecule has 0 aromatic rings. The summed E-state index contributed by atoms with van der Waals surface area (Å²) in [5.74, 6) is 0. The van der Waals surface area contributed by atoms with Crippen LogP contribution >= 0.6 is 0 Å². The molecule has 0 N–H and O–H groups in total. The van der Waals surface area contributed by atoms with Crippen molar-refractivity contribution < 1.29 is 9.68 Å². The quantitative estimate of drug-likeness (QED) is 0.473. The highest BCUT2D eigenvalue weighted by atomic mass is 16.9. The Morgan fingerprint density at radius 3 is 3.00 bits per heavy atom. The lowest BCUT2D eigenvalue weighted by Gasteiger charge is -2.06. The predicted octanol–water partition coefficient (Wildman–Crippen LogP) is 0.347. The highest BCUT2D eigenvalue weighted by molar-refractivity contribution is 4.89. The summed E-state index contributed by atoms with van der Waals surface area (Å²) in [6, 6.07) is 0. The van der Waals surface area contributed by atoms with Gasteiger partial charge in [0.05, 0.1) is 13.3 Å². The number of hydrogen-bond donors (Lipinski definition) is 0. The van der Waals surface area contributed by atoms with Crippen molar-refractivity contribution in [3.05, 3.63) is 18.9 Å². The van der Waals surface area contributed by atoms with Gasteiger partial charge in [-0.15, -0.1) is 5.23 Å². The monoisotopic (exact) mass is 99.0 g/mol. The van der Waals surface area contributed by atoms with Crippen LogP contribution in [0, 0.1) is 6.61 Å². The summed E-state index contributed by atoms with van der Waals surface area (Å²) < 4.78 is 0. The van der Waals surface area contributed by atoms with Crippen LogP contribution in [-0.2, 0) is 9.68 Å². The fourth-order valence-corrected chi connectivity index (χ4v) is 0.302. The van der Waals surface area contributed by atoms with Crippen molar-refractivity contribution in [3.8, 4) is 0 Å². The van der Waals surface area contributed by atoms with Gasteiger partial charge >= 0.3 is 0 Å². The highest BCUT2D eigenvalue weighted by Crippen LogP contribution is 2.02. The second-order valence-corrected chi connectivity index (χ2v) is 0.993. The molecule has 0 bridgehead atoms. The lowest BCUT2D eigenvalue weighted by molar-refractivity contribution is -0.291. The first-order chi connectivity index (χ1) is 3.43. The molecule has 0 aromatic carbocycles. The predicted molar refractivity (Wildman–Crippen MR) is 22.3 cm³/mol. The van der Waals surface area contributed by atoms with Crippen molar-refractivity contribution in [1.29, 1.82) is 0 Å². The van der Waals surface area contributed by atoms with E-state index in [1.165, 1.54) is 12.3 Å². The molecule has 0 atom stereocenters. The summed E-state index contributed by atoms with van der Waals surface area (Å²) in [6.45, 7) is 2.44. The summed E-state index contributed by atoms with van der Waals surface area (Å²) >= 11 is 0. The molecular weight excluding hydrogens is 94.0 g/mol. The molecule has 0 saturated carbocycles. The Hall–Kier alpha value is -0.540. The molecule has 0 amide bonds. The summed E-state index contributed by atoms with van der Waals surface area (Å²) in [5, 5.41) is 1.19. The topological polar surface area (TPSA) is 21.7 Å². The van der Waals surface area contributed by atoms with Gasteiger partial charge in [-0.2, -0.15) is 0 Å². The van der Waals surface area contributed by atoms with Crippen molar-refractivity contribution in [2.24, 2.45) is 0 Å². The Morgan fingerprint density at radius 1 is 1.86 bits per heavy atom. The Balaban J connectivity index is 2.28. The van der Waals surface area contributed by atoms with Crippen LogP contribution in [0.2, 0.25) is 0 Å². The third kappa shape index (κ3) is 0.913. The zero-order valence-corrected chi connectivity index (χ0v) is 3.92. The van der Waals surface area contributed by atoms with Crippen LogP contribution < -0.4 is 0 Å². The standard InChI is InChI=1S/C4H5NO2/c1-6-5-3-2-4-7-5/h2-3H,1H3. The van der Waals surface area contributed by atoms with Gasteiger partial charge < -0.3 is 0 Å². The van der Waals surface area contributed by atoms with Crippen LogP contribution in [0.1, 0.15) is 0 Å². The van der Waals surface area contributed by atoms with Gasteiger partial charge in [-0.25, -0.2) is 4.84 Å². The maximum atomic E-state index is 4.57. The molecular formula is C4H5NO2. The van der Waals surface area contributed by atoms with E-state index in [0.29, 0.717) is 0 Å². The van der Waals surface area contributed by atoms with Crippen molar-refractivity contribution in [2.75, 3.05) is 7.11 Å². The third-order valence-corrected chi connectivity index (χ3v) is 0.587. The summed E-state index contributed by atoms with van der Waals surface area (Å²) in [6.07, 6.45) is 3.23. The van der Waals surface area contributed by atoms with Crippen LogP contribution in [0.15, 0.2) is 12.3 Å². The van der Waals surface area contributed by atoms with Gasteiger partial charge in [0.25, 0.3) is 0 Å². The molecule has 38 valence electrons. The molecule has 0 unspecified atom stereocenters. The normalized spacial score (nSPS) is 18.7. The van der Waals surface area contributed by atoms with Crippen LogP contribution in [0.3, 0.4) is 0 Å². The fourth-order valence-electron chi connectivity index (χ4n) is 0.302. The lowest BCUT2D eigenvalue weighted by atomic mass is 10.7. The SMILES string of the molecule is CON1C=C[C]O1. The van der Waals surface area contributed by atoms with Gasteiger partial charge in [0.2, 0.25) is 0 Å². The fraction of sp³-hybridized carbons (Fsp3) is 0.250. The third-order valence-electron chi connectivity index (χ3n) is 0.587. The maximum absolute atomic E-state index is 4.57. The van der Waals surface area contributed by atoms with Crippen molar-refractivity contribution in [1.82, 2.24) is 5.23 Å². The minimum atomic E-state index is 1.19. The minimum absolute atomic E-state index is 1.19. The van der Waals surface area contributed by atoms with Crippen molar-refractivity contribution in [3.63, 3.8) is 0 Å². The zero-order valence-electron chi connectivity index (χ0n) is 3.92. The molecule has 0 spiro atoms. The Kier molecular flexibility index (Phi) is 1.29. The average molecular weight is 99.1 g/mol. The van der Waals surface area contributed by atoms with Gasteiger partial charge in [0.15, 0.2) is 6.61 Å². The lowest BCUT2D eigenvalue weighted by Crippen LogP contribution is -2.08. The number of nitrogens with zero attached hydrogens (tertiary/aromatic N) is 1. The highest BCUT2D eigenvalue weighted by Gasteiger charge is 2.01. The zero-order chi connectivity index (χ0) is 5.11. The van der Waals surface area contributed by atoms with Crippen LogP contribution in [0.25, 0.3) is 0 Å². The van der Waals surface area contributed by atoms with E-state index in [1.54, 1.807) is 12.3 Å². The van der Waals surface area contributed by atoms with Crippen molar-refractivity contribution in [2.45, 2.75) is 0 Å². The van der Waals surface area contributed by atoms with Crippen LogP contribution in [-0.4, -0.2) is 12.3 Å². The molecule has 1 aliphatic rings. The van der Waals surface area contributed by atoms with Gasteiger partial charge in [-0.1, -0.05) is 0 Å². The summed E-state index contributed by atoms with van der Waals surface area (Å²) in [5.41, 5.74) is 0. The summed E-state index contributed by atoms with van der Waals surface area (Å²) in [4.78, 5) is 9.12. The summed E-state index contributed by atoms with van der Waals surface area (Å²) in [7, 11) is 1.51. The van der Waals surface area contributed by atoms with E-state index in [0.717, 1.165) is 0 Å². The Morgan fingerprint density at radius 2 is 2.71 bits per heavy atom.